The lowest BCUT2D eigenvalue weighted by Gasteiger charge is -2.23. The Bertz CT molecular complexity index is 114. The summed E-state index contributed by atoms with van der Waals surface area (Å²) < 4.78 is 0. The highest BCUT2D eigenvalue weighted by Crippen LogP contribution is 2.11. The van der Waals surface area contributed by atoms with Gasteiger partial charge in [-0.05, 0) is 14.1 Å². The molecule has 0 heterocycles. The molecule has 0 amide bonds. The first kappa shape index (κ1) is 9.63. The molecule has 0 radical (unpaired) electrons. The molecule has 0 aromatic rings. The molecule has 0 aliphatic rings. The van der Waals surface area contributed by atoms with Crippen molar-refractivity contribution in [2.45, 2.75) is 13.8 Å². The molecular weight excluding hydrogens is 124 g/mol. The van der Waals surface area contributed by atoms with Crippen LogP contribution < -0.4 is 0 Å². The second-order valence-electron chi connectivity index (χ2n) is 3.61. The molecule has 0 spiro atoms. The van der Waals surface area contributed by atoms with E-state index in [1.165, 1.54) is 0 Å². The third-order valence-electron chi connectivity index (χ3n) is 1.20. The van der Waals surface area contributed by atoms with Crippen molar-refractivity contribution < 1.29 is 0 Å². The van der Waals surface area contributed by atoms with Crippen molar-refractivity contribution in [2.24, 2.45) is 10.4 Å². The number of hydrogen-bond acceptors (Lipinski definition) is 2. The molecule has 0 fully saturated rings. The molecule has 2 heteroatoms. The lowest BCUT2D eigenvalue weighted by atomic mass is 9.95. The minimum absolute atomic E-state index is 0.207. The highest BCUT2D eigenvalue weighted by molar-refractivity contribution is 5.64. The van der Waals surface area contributed by atoms with Gasteiger partial charge in [0.25, 0.3) is 0 Å². The SMILES string of the molecule is CN=CC(C)(C)CN(C)C. The summed E-state index contributed by atoms with van der Waals surface area (Å²) in [6, 6.07) is 0. The Balaban J connectivity index is 3.86. The Morgan fingerprint density at radius 1 is 1.40 bits per heavy atom. The standard InChI is InChI=1S/C8H18N2/c1-8(2,6-9-3)7-10(4)5/h6H,7H2,1-5H3. The number of hydrogen-bond donors (Lipinski definition) is 0. The summed E-state index contributed by atoms with van der Waals surface area (Å²) in [6.07, 6.45) is 1.99. The van der Waals surface area contributed by atoms with Crippen molar-refractivity contribution in [3.05, 3.63) is 0 Å². The molecule has 0 bridgehead atoms. The largest absolute Gasteiger partial charge is 0.309 e. The quantitative estimate of drug-likeness (QED) is 0.542. The van der Waals surface area contributed by atoms with Gasteiger partial charge in [0.05, 0.1) is 0 Å². The van der Waals surface area contributed by atoms with Crippen molar-refractivity contribution in [3.63, 3.8) is 0 Å². The molecule has 0 aliphatic heterocycles. The summed E-state index contributed by atoms with van der Waals surface area (Å²) >= 11 is 0. The monoisotopic (exact) mass is 142 g/mol. The van der Waals surface area contributed by atoms with Crippen molar-refractivity contribution >= 4 is 6.21 Å². The molecule has 0 aromatic carbocycles. The molecule has 0 aliphatic carbocycles. The minimum Gasteiger partial charge on any atom is -0.309 e. The molecule has 0 N–H and O–H groups in total. The van der Waals surface area contributed by atoms with E-state index in [1.54, 1.807) is 0 Å². The fourth-order valence-corrected chi connectivity index (χ4v) is 1.21. The predicted molar refractivity (Wildman–Crippen MR) is 46.8 cm³/mol. The zero-order valence-corrected chi connectivity index (χ0v) is 7.68. The Morgan fingerprint density at radius 3 is 2.20 bits per heavy atom. The van der Waals surface area contributed by atoms with Gasteiger partial charge in [-0.2, -0.15) is 0 Å². The smallest absolute Gasteiger partial charge is 0.0273 e. The Labute approximate surface area is 63.9 Å². The molecule has 0 aromatic heterocycles. The van der Waals surface area contributed by atoms with Crippen LogP contribution in [0, 0.1) is 5.41 Å². The first-order valence-corrected chi connectivity index (χ1v) is 3.56. The van der Waals surface area contributed by atoms with Crippen molar-refractivity contribution in [1.29, 1.82) is 0 Å². The molecule has 0 rings (SSSR count). The molecule has 0 saturated heterocycles. The first-order valence-electron chi connectivity index (χ1n) is 3.56. The molecular formula is C8H18N2. The van der Waals surface area contributed by atoms with E-state index in [1.807, 2.05) is 13.3 Å². The number of nitrogens with zero attached hydrogens (tertiary/aromatic N) is 2. The van der Waals surface area contributed by atoms with E-state index in [9.17, 15) is 0 Å². The van der Waals surface area contributed by atoms with Gasteiger partial charge in [-0.1, -0.05) is 13.8 Å². The maximum Gasteiger partial charge on any atom is 0.0273 e. The van der Waals surface area contributed by atoms with Gasteiger partial charge in [-0.15, -0.1) is 0 Å². The van der Waals surface area contributed by atoms with Gasteiger partial charge in [0, 0.05) is 25.2 Å². The fourth-order valence-electron chi connectivity index (χ4n) is 1.21. The van der Waals surface area contributed by atoms with Crippen LogP contribution in [0.25, 0.3) is 0 Å². The molecule has 0 atom stereocenters. The summed E-state index contributed by atoms with van der Waals surface area (Å²) in [7, 11) is 5.97. The van der Waals surface area contributed by atoms with Crippen molar-refractivity contribution in [1.82, 2.24) is 4.90 Å². The van der Waals surface area contributed by atoms with Gasteiger partial charge in [-0.3, -0.25) is 0 Å². The van der Waals surface area contributed by atoms with Crippen LogP contribution in [0.1, 0.15) is 13.8 Å². The second-order valence-corrected chi connectivity index (χ2v) is 3.61. The van der Waals surface area contributed by atoms with Gasteiger partial charge >= 0.3 is 0 Å². The fraction of sp³-hybridized carbons (Fsp3) is 0.875. The third kappa shape index (κ3) is 4.50. The summed E-state index contributed by atoms with van der Waals surface area (Å²) in [5, 5.41) is 0. The Kier molecular flexibility index (Phi) is 3.58. The van der Waals surface area contributed by atoms with Crippen LogP contribution in [-0.2, 0) is 0 Å². The molecule has 0 unspecified atom stereocenters. The van der Waals surface area contributed by atoms with E-state index in [0.29, 0.717) is 0 Å². The normalized spacial score (nSPS) is 13.4. The second kappa shape index (κ2) is 3.71. The highest BCUT2D eigenvalue weighted by Gasteiger charge is 2.14. The van der Waals surface area contributed by atoms with Crippen LogP contribution in [0.5, 0.6) is 0 Å². The number of rotatable bonds is 3. The summed E-state index contributed by atoms with van der Waals surface area (Å²) in [5.41, 5.74) is 0.207. The highest BCUT2D eigenvalue weighted by atomic mass is 15.1. The average molecular weight is 142 g/mol. The molecule has 2 nitrogen and oxygen atoms in total. The van der Waals surface area contributed by atoms with Crippen LogP contribution in [-0.4, -0.2) is 38.8 Å². The average Bonchev–Trinajstić information content (AvgIpc) is 1.59. The summed E-state index contributed by atoms with van der Waals surface area (Å²) in [4.78, 5) is 6.18. The lowest BCUT2D eigenvalue weighted by molar-refractivity contribution is 0.315. The summed E-state index contributed by atoms with van der Waals surface area (Å²) in [6.45, 7) is 5.41. The zero-order chi connectivity index (χ0) is 8.20. The van der Waals surface area contributed by atoms with Crippen LogP contribution >= 0.6 is 0 Å². The van der Waals surface area contributed by atoms with Gasteiger partial charge < -0.3 is 9.89 Å². The number of aliphatic imine (C=N–C) groups is 1. The van der Waals surface area contributed by atoms with Gasteiger partial charge in [0.1, 0.15) is 0 Å². The molecule has 60 valence electrons. The Morgan fingerprint density at radius 2 is 1.90 bits per heavy atom. The van der Waals surface area contributed by atoms with Crippen molar-refractivity contribution in [3.8, 4) is 0 Å². The van der Waals surface area contributed by atoms with Gasteiger partial charge in [0.2, 0.25) is 0 Å². The topological polar surface area (TPSA) is 15.6 Å². The third-order valence-corrected chi connectivity index (χ3v) is 1.20. The van der Waals surface area contributed by atoms with E-state index in [0.717, 1.165) is 6.54 Å². The Hall–Kier alpha value is -0.370. The van der Waals surface area contributed by atoms with Gasteiger partial charge in [-0.25, -0.2) is 0 Å². The van der Waals surface area contributed by atoms with E-state index < -0.39 is 0 Å². The minimum atomic E-state index is 0.207. The van der Waals surface area contributed by atoms with E-state index in [2.05, 4.69) is 37.8 Å². The maximum atomic E-state index is 4.01. The van der Waals surface area contributed by atoms with Crippen LogP contribution in [0.4, 0.5) is 0 Å². The van der Waals surface area contributed by atoms with Crippen LogP contribution in [0.2, 0.25) is 0 Å². The zero-order valence-electron chi connectivity index (χ0n) is 7.68. The van der Waals surface area contributed by atoms with Crippen molar-refractivity contribution in [2.75, 3.05) is 27.7 Å². The van der Waals surface area contributed by atoms with Crippen LogP contribution in [0.3, 0.4) is 0 Å². The van der Waals surface area contributed by atoms with E-state index in [-0.39, 0.29) is 5.41 Å². The first-order chi connectivity index (χ1) is 4.48. The van der Waals surface area contributed by atoms with E-state index >= 15 is 0 Å². The van der Waals surface area contributed by atoms with E-state index in [4.69, 9.17) is 0 Å². The molecule has 10 heavy (non-hydrogen) atoms. The maximum absolute atomic E-state index is 4.01. The van der Waals surface area contributed by atoms with Gasteiger partial charge in [0.15, 0.2) is 0 Å². The van der Waals surface area contributed by atoms with Crippen LogP contribution in [0.15, 0.2) is 4.99 Å². The molecule has 0 saturated carbocycles. The predicted octanol–water partition coefficient (Wildman–Crippen LogP) is 1.27. The lowest BCUT2D eigenvalue weighted by Crippen LogP contribution is -2.29. The summed E-state index contributed by atoms with van der Waals surface area (Å²) in [5.74, 6) is 0.